The molecule has 0 aromatic rings. The van der Waals surface area contributed by atoms with Gasteiger partial charge in [-0.2, -0.15) is 0 Å². The molecule has 0 spiro atoms. The van der Waals surface area contributed by atoms with Gasteiger partial charge in [-0.15, -0.1) is 0 Å². The summed E-state index contributed by atoms with van der Waals surface area (Å²) >= 11 is 0. The van der Waals surface area contributed by atoms with Crippen LogP contribution in [0.5, 0.6) is 0 Å². The summed E-state index contributed by atoms with van der Waals surface area (Å²) in [6, 6.07) is 0. The molecule has 0 saturated carbocycles. The molecule has 0 heterocycles. The minimum atomic E-state index is -1.73. The van der Waals surface area contributed by atoms with Crippen LogP contribution in [0.4, 0.5) is 0 Å². The maximum atomic E-state index is 9.97. The SMILES string of the molecule is C/C=C/[C@@H](O)[C@@H](O)C(=O)O. The van der Waals surface area contributed by atoms with Crippen molar-refractivity contribution in [1.82, 2.24) is 0 Å². The Hall–Kier alpha value is -0.870. The number of carbonyl (C=O) groups is 1. The van der Waals surface area contributed by atoms with E-state index in [0.29, 0.717) is 0 Å². The van der Waals surface area contributed by atoms with Gasteiger partial charge >= 0.3 is 5.97 Å². The van der Waals surface area contributed by atoms with E-state index in [2.05, 4.69) is 0 Å². The van der Waals surface area contributed by atoms with Gasteiger partial charge in [-0.25, -0.2) is 4.79 Å². The molecule has 0 aromatic heterocycles. The first-order chi connectivity index (χ1) is 4.59. The molecule has 0 saturated heterocycles. The first-order valence-corrected chi connectivity index (χ1v) is 2.81. The van der Waals surface area contributed by atoms with Crippen molar-refractivity contribution in [2.75, 3.05) is 0 Å². The van der Waals surface area contributed by atoms with Crippen molar-refractivity contribution in [3.05, 3.63) is 12.2 Å². The predicted octanol–water partition coefficient (Wildman–Crippen LogP) is -0.631. The van der Waals surface area contributed by atoms with E-state index in [4.69, 9.17) is 15.3 Å². The van der Waals surface area contributed by atoms with Gasteiger partial charge in [0.1, 0.15) is 6.10 Å². The second-order valence-electron chi connectivity index (χ2n) is 1.80. The summed E-state index contributed by atoms with van der Waals surface area (Å²) in [7, 11) is 0. The molecular weight excluding hydrogens is 136 g/mol. The zero-order valence-electron chi connectivity index (χ0n) is 5.56. The average molecular weight is 146 g/mol. The van der Waals surface area contributed by atoms with E-state index in [1.807, 2.05) is 0 Å². The maximum absolute atomic E-state index is 9.97. The van der Waals surface area contributed by atoms with E-state index >= 15 is 0 Å². The number of aliphatic carboxylic acids is 1. The van der Waals surface area contributed by atoms with Crippen LogP contribution in [0.1, 0.15) is 6.92 Å². The monoisotopic (exact) mass is 146 g/mol. The molecule has 0 aliphatic carbocycles. The molecule has 3 N–H and O–H groups in total. The van der Waals surface area contributed by atoms with Crippen molar-refractivity contribution < 1.29 is 20.1 Å². The van der Waals surface area contributed by atoms with Crippen LogP contribution >= 0.6 is 0 Å². The molecule has 0 bridgehead atoms. The lowest BCUT2D eigenvalue weighted by molar-refractivity contribution is -0.150. The number of aliphatic hydroxyl groups is 2. The first-order valence-electron chi connectivity index (χ1n) is 2.81. The molecule has 0 aliphatic heterocycles. The van der Waals surface area contributed by atoms with Crippen molar-refractivity contribution >= 4 is 5.97 Å². The Bertz CT molecular complexity index is 141. The fourth-order valence-corrected chi connectivity index (χ4v) is 0.449. The molecular formula is C6H10O4. The molecule has 2 atom stereocenters. The highest BCUT2D eigenvalue weighted by atomic mass is 16.4. The minimum absolute atomic E-state index is 1.21. The lowest BCUT2D eigenvalue weighted by atomic mass is 10.2. The quantitative estimate of drug-likeness (QED) is 0.463. The molecule has 0 rings (SSSR count). The number of rotatable bonds is 3. The van der Waals surface area contributed by atoms with Crippen molar-refractivity contribution in [2.45, 2.75) is 19.1 Å². The first kappa shape index (κ1) is 9.13. The molecule has 10 heavy (non-hydrogen) atoms. The van der Waals surface area contributed by atoms with Crippen LogP contribution in [0.25, 0.3) is 0 Å². The smallest absolute Gasteiger partial charge is 0.335 e. The zero-order chi connectivity index (χ0) is 8.15. The number of hydrogen-bond acceptors (Lipinski definition) is 3. The van der Waals surface area contributed by atoms with Crippen molar-refractivity contribution in [1.29, 1.82) is 0 Å². The van der Waals surface area contributed by atoms with E-state index in [9.17, 15) is 4.79 Å². The zero-order valence-corrected chi connectivity index (χ0v) is 5.56. The minimum Gasteiger partial charge on any atom is -0.479 e. The lowest BCUT2D eigenvalue weighted by Crippen LogP contribution is -2.31. The number of carboxylic acids is 1. The number of carboxylic acid groups (broad SMARTS) is 1. The Labute approximate surface area is 58.4 Å². The second-order valence-corrected chi connectivity index (χ2v) is 1.80. The Balaban J connectivity index is 3.93. The molecule has 4 heteroatoms. The highest BCUT2D eigenvalue weighted by molar-refractivity contribution is 5.73. The fourth-order valence-electron chi connectivity index (χ4n) is 0.449. The van der Waals surface area contributed by atoms with Gasteiger partial charge in [-0.3, -0.25) is 0 Å². The van der Waals surface area contributed by atoms with Crippen molar-refractivity contribution in [3.63, 3.8) is 0 Å². The summed E-state index contributed by atoms with van der Waals surface area (Å²) in [6.45, 7) is 1.62. The second kappa shape index (κ2) is 4.03. The van der Waals surface area contributed by atoms with E-state index in [1.54, 1.807) is 6.92 Å². The molecule has 0 fully saturated rings. The Morgan fingerprint density at radius 3 is 2.30 bits per heavy atom. The standard InChI is InChI=1S/C6H10O4/c1-2-3-4(7)5(8)6(9)10/h2-5,7-8H,1H3,(H,9,10)/b3-2+/t4-,5-/m1/s1. The topological polar surface area (TPSA) is 77.8 Å². The third kappa shape index (κ3) is 2.61. The molecule has 4 nitrogen and oxygen atoms in total. The number of hydrogen-bond donors (Lipinski definition) is 3. The Morgan fingerprint density at radius 1 is 1.50 bits per heavy atom. The van der Waals surface area contributed by atoms with E-state index < -0.39 is 18.2 Å². The molecule has 0 amide bonds. The summed E-state index contributed by atoms with van der Waals surface area (Å²) in [4.78, 5) is 9.97. The van der Waals surface area contributed by atoms with E-state index in [0.717, 1.165) is 0 Å². The summed E-state index contributed by atoms with van der Waals surface area (Å²) in [6.07, 6.45) is -0.367. The fraction of sp³-hybridized carbons (Fsp3) is 0.500. The third-order valence-corrected chi connectivity index (χ3v) is 0.966. The summed E-state index contributed by atoms with van der Waals surface area (Å²) in [5.41, 5.74) is 0. The van der Waals surface area contributed by atoms with Crippen LogP contribution in [0.15, 0.2) is 12.2 Å². The summed E-state index contributed by atoms with van der Waals surface area (Å²) in [5.74, 6) is -1.43. The normalized spacial score (nSPS) is 17.1. The van der Waals surface area contributed by atoms with E-state index in [-0.39, 0.29) is 0 Å². The van der Waals surface area contributed by atoms with Crippen molar-refractivity contribution in [3.8, 4) is 0 Å². The van der Waals surface area contributed by atoms with Crippen LogP contribution in [-0.4, -0.2) is 33.5 Å². The Morgan fingerprint density at radius 2 is 2.00 bits per heavy atom. The lowest BCUT2D eigenvalue weighted by Gasteiger charge is -2.07. The highest BCUT2D eigenvalue weighted by Gasteiger charge is 2.20. The van der Waals surface area contributed by atoms with Crippen LogP contribution < -0.4 is 0 Å². The van der Waals surface area contributed by atoms with Gasteiger partial charge in [0.05, 0.1) is 0 Å². The largest absolute Gasteiger partial charge is 0.479 e. The molecule has 0 radical (unpaired) electrons. The highest BCUT2D eigenvalue weighted by Crippen LogP contribution is 1.94. The van der Waals surface area contributed by atoms with Crippen LogP contribution in [-0.2, 0) is 4.79 Å². The van der Waals surface area contributed by atoms with Gasteiger partial charge in [0, 0.05) is 0 Å². The summed E-state index contributed by atoms with van der Waals surface area (Å²) in [5, 5.41) is 25.5. The van der Waals surface area contributed by atoms with Gasteiger partial charge in [-0.1, -0.05) is 12.2 Å². The average Bonchev–Trinajstić information content (AvgIpc) is 1.87. The van der Waals surface area contributed by atoms with Gasteiger partial charge in [-0.05, 0) is 6.92 Å². The maximum Gasteiger partial charge on any atom is 0.335 e. The molecule has 0 aliphatic rings. The predicted molar refractivity (Wildman–Crippen MR) is 34.5 cm³/mol. The number of allylic oxidation sites excluding steroid dienone is 1. The Kier molecular flexibility index (Phi) is 3.68. The molecule has 0 aromatic carbocycles. The van der Waals surface area contributed by atoms with E-state index in [1.165, 1.54) is 12.2 Å². The van der Waals surface area contributed by atoms with Gasteiger partial charge in [0.25, 0.3) is 0 Å². The van der Waals surface area contributed by atoms with Gasteiger partial charge < -0.3 is 15.3 Å². The third-order valence-electron chi connectivity index (χ3n) is 0.966. The molecule has 0 unspecified atom stereocenters. The molecule has 58 valence electrons. The van der Waals surface area contributed by atoms with Gasteiger partial charge in [0.2, 0.25) is 0 Å². The van der Waals surface area contributed by atoms with Crippen molar-refractivity contribution in [2.24, 2.45) is 0 Å². The van der Waals surface area contributed by atoms with Crippen LogP contribution in [0.2, 0.25) is 0 Å². The summed E-state index contributed by atoms with van der Waals surface area (Å²) < 4.78 is 0. The van der Waals surface area contributed by atoms with Crippen LogP contribution in [0, 0.1) is 0 Å². The van der Waals surface area contributed by atoms with Gasteiger partial charge in [0.15, 0.2) is 6.10 Å². The number of aliphatic hydroxyl groups excluding tert-OH is 2. The van der Waals surface area contributed by atoms with Crippen LogP contribution in [0.3, 0.4) is 0 Å².